The molecule has 2 aliphatic rings. The molecule has 2 rings (SSSR count). The molecule has 0 aromatic heterocycles. The molecule has 1 heterocycles. The van der Waals surface area contributed by atoms with Crippen molar-refractivity contribution in [1.82, 2.24) is 10.2 Å². The summed E-state index contributed by atoms with van der Waals surface area (Å²) in [4.78, 5) is 36.9. The second-order valence-electron chi connectivity index (χ2n) is 7.38. The Labute approximate surface area is 144 Å². The van der Waals surface area contributed by atoms with Crippen molar-refractivity contribution in [2.45, 2.75) is 70.3 Å². The summed E-state index contributed by atoms with van der Waals surface area (Å²) >= 11 is 0. The number of aliphatic carboxylic acids is 1. The zero-order valence-corrected chi connectivity index (χ0v) is 14.6. The predicted octanol–water partition coefficient (Wildman–Crippen LogP) is 2.17. The summed E-state index contributed by atoms with van der Waals surface area (Å²) in [5.74, 6) is -0.588. The van der Waals surface area contributed by atoms with E-state index in [2.05, 4.69) is 5.32 Å². The average Bonchev–Trinajstić information content (AvgIpc) is 2.56. The van der Waals surface area contributed by atoms with Crippen LogP contribution in [0.2, 0.25) is 0 Å². The van der Waals surface area contributed by atoms with Gasteiger partial charge >= 0.3 is 5.97 Å². The van der Waals surface area contributed by atoms with E-state index in [1.54, 1.807) is 11.9 Å². The Kier molecular flexibility index (Phi) is 7.06. The first-order valence-electron chi connectivity index (χ1n) is 9.22. The van der Waals surface area contributed by atoms with E-state index in [0.717, 1.165) is 6.42 Å². The quantitative estimate of drug-likeness (QED) is 0.745. The van der Waals surface area contributed by atoms with Gasteiger partial charge in [-0.05, 0) is 25.2 Å². The number of hydrogen-bond donors (Lipinski definition) is 2. The van der Waals surface area contributed by atoms with Gasteiger partial charge in [-0.3, -0.25) is 14.4 Å². The first-order chi connectivity index (χ1) is 11.5. The lowest BCUT2D eigenvalue weighted by atomic mass is 9.83. The maximum Gasteiger partial charge on any atom is 0.303 e. The van der Waals surface area contributed by atoms with Crippen LogP contribution in [0.4, 0.5) is 0 Å². The van der Waals surface area contributed by atoms with Crippen molar-refractivity contribution < 1.29 is 19.5 Å². The number of carbonyl (C=O) groups is 3. The fourth-order valence-corrected chi connectivity index (χ4v) is 3.86. The van der Waals surface area contributed by atoms with Crippen LogP contribution in [0.25, 0.3) is 0 Å². The van der Waals surface area contributed by atoms with E-state index in [9.17, 15) is 14.4 Å². The first-order valence-corrected chi connectivity index (χ1v) is 9.22. The fraction of sp³-hybridized carbons (Fsp3) is 0.833. The second-order valence-corrected chi connectivity index (χ2v) is 7.38. The van der Waals surface area contributed by atoms with E-state index in [0.29, 0.717) is 25.3 Å². The molecule has 24 heavy (non-hydrogen) atoms. The molecule has 2 N–H and O–H groups in total. The lowest BCUT2D eigenvalue weighted by molar-refractivity contribution is -0.139. The Morgan fingerprint density at radius 2 is 1.96 bits per heavy atom. The molecule has 0 aromatic rings. The third-order valence-corrected chi connectivity index (χ3v) is 5.43. The van der Waals surface area contributed by atoms with Gasteiger partial charge in [0, 0.05) is 38.4 Å². The highest BCUT2D eigenvalue weighted by Crippen LogP contribution is 2.28. The Morgan fingerprint density at radius 3 is 2.58 bits per heavy atom. The van der Waals surface area contributed by atoms with Gasteiger partial charge in [-0.2, -0.15) is 0 Å². The van der Waals surface area contributed by atoms with Gasteiger partial charge in [0.25, 0.3) is 0 Å². The maximum atomic E-state index is 12.5. The molecule has 1 aliphatic carbocycles. The third kappa shape index (κ3) is 5.80. The minimum Gasteiger partial charge on any atom is -0.481 e. The van der Waals surface area contributed by atoms with Crippen LogP contribution in [0, 0.1) is 11.8 Å². The summed E-state index contributed by atoms with van der Waals surface area (Å²) in [6, 6.07) is -0.0912. The molecule has 2 atom stereocenters. The van der Waals surface area contributed by atoms with Crippen molar-refractivity contribution in [1.29, 1.82) is 0 Å². The number of likely N-dealkylation sites (tertiary alicyclic amines) is 1. The topological polar surface area (TPSA) is 86.7 Å². The number of amides is 2. The van der Waals surface area contributed by atoms with Crippen LogP contribution in [0.15, 0.2) is 0 Å². The number of nitrogens with zero attached hydrogens (tertiary/aromatic N) is 1. The second kappa shape index (κ2) is 9.04. The number of piperidine rings is 1. The number of hydrogen-bond acceptors (Lipinski definition) is 3. The molecule has 136 valence electrons. The smallest absolute Gasteiger partial charge is 0.303 e. The molecule has 2 amide bonds. The number of carbonyl (C=O) groups excluding carboxylic acids is 2. The highest BCUT2D eigenvalue weighted by molar-refractivity contribution is 5.87. The van der Waals surface area contributed by atoms with Crippen LogP contribution in [0.1, 0.15) is 64.2 Å². The minimum atomic E-state index is -0.827. The number of rotatable bonds is 7. The summed E-state index contributed by atoms with van der Waals surface area (Å²) in [6.45, 7) is 0.610. The summed E-state index contributed by atoms with van der Waals surface area (Å²) in [5, 5.41) is 12.0. The maximum absolute atomic E-state index is 12.5. The molecule has 1 aliphatic heterocycles. The molecule has 2 unspecified atom stereocenters. The lowest BCUT2D eigenvalue weighted by Crippen LogP contribution is -2.45. The standard InChI is InChI=1S/C18H30N2O4/c1-20-10-9-14(12-16(20)21)18(24)19-15(7-8-17(22)23)11-13-5-3-2-4-6-13/h13-15H,2-12H2,1H3,(H,19,24)(H,22,23). The normalized spacial score (nSPS) is 23.8. The zero-order chi connectivity index (χ0) is 17.5. The fourth-order valence-electron chi connectivity index (χ4n) is 3.86. The Balaban J connectivity index is 1.89. The molecular formula is C18H30N2O4. The van der Waals surface area contributed by atoms with Gasteiger partial charge < -0.3 is 15.3 Å². The number of carboxylic acids is 1. The zero-order valence-electron chi connectivity index (χ0n) is 14.6. The molecule has 0 spiro atoms. The van der Waals surface area contributed by atoms with E-state index in [4.69, 9.17) is 5.11 Å². The van der Waals surface area contributed by atoms with E-state index in [1.165, 1.54) is 32.1 Å². The van der Waals surface area contributed by atoms with Gasteiger partial charge in [0.15, 0.2) is 0 Å². The van der Waals surface area contributed by atoms with E-state index in [-0.39, 0.29) is 36.6 Å². The average molecular weight is 338 g/mol. The van der Waals surface area contributed by atoms with Crippen LogP contribution < -0.4 is 5.32 Å². The van der Waals surface area contributed by atoms with Crippen molar-refractivity contribution >= 4 is 17.8 Å². The van der Waals surface area contributed by atoms with E-state index < -0.39 is 5.97 Å². The van der Waals surface area contributed by atoms with Crippen LogP contribution >= 0.6 is 0 Å². The molecular weight excluding hydrogens is 308 g/mol. The summed E-state index contributed by atoms with van der Waals surface area (Å²) in [6.07, 6.45) is 8.43. The third-order valence-electron chi connectivity index (χ3n) is 5.43. The molecule has 0 radical (unpaired) electrons. The molecule has 0 aromatic carbocycles. The largest absolute Gasteiger partial charge is 0.481 e. The lowest BCUT2D eigenvalue weighted by Gasteiger charge is -2.31. The molecule has 6 heteroatoms. The van der Waals surface area contributed by atoms with Crippen molar-refractivity contribution in [3.8, 4) is 0 Å². The molecule has 2 fully saturated rings. The summed E-state index contributed by atoms with van der Waals surface area (Å²) in [5.41, 5.74) is 0. The van der Waals surface area contributed by atoms with Gasteiger partial charge in [0.2, 0.25) is 11.8 Å². The van der Waals surface area contributed by atoms with E-state index >= 15 is 0 Å². The van der Waals surface area contributed by atoms with Crippen LogP contribution in [-0.4, -0.2) is 47.4 Å². The van der Waals surface area contributed by atoms with Crippen LogP contribution in [-0.2, 0) is 14.4 Å². The summed E-state index contributed by atoms with van der Waals surface area (Å²) in [7, 11) is 1.76. The monoisotopic (exact) mass is 338 g/mol. The summed E-state index contributed by atoms with van der Waals surface area (Å²) < 4.78 is 0. The van der Waals surface area contributed by atoms with E-state index in [1.807, 2.05) is 0 Å². The van der Waals surface area contributed by atoms with Gasteiger partial charge in [-0.1, -0.05) is 32.1 Å². The van der Waals surface area contributed by atoms with Crippen molar-refractivity contribution in [2.24, 2.45) is 11.8 Å². The predicted molar refractivity (Wildman–Crippen MR) is 90.4 cm³/mol. The van der Waals surface area contributed by atoms with Gasteiger partial charge in [0.1, 0.15) is 0 Å². The van der Waals surface area contributed by atoms with Crippen molar-refractivity contribution in [3.63, 3.8) is 0 Å². The van der Waals surface area contributed by atoms with Gasteiger partial charge in [0.05, 0.1) is 0 Å². The SMILES string of the molecule is CN1CCC(C(=O)NC(CCC(=O)O)CC2CCCCC2)CC1=O. The Hall–Kier alpha value is -1.59. The van der Waals surface area contributed by atoms with Crippen LogP contribution in [0.5, 0.6) is 0 Å². The Bertz CT molecular complexity index is 460. The highest BCUT2D eigenvalue weighted by Gasteiger charge is 2.30. The number of nitrogens with one attached hydrogen (secondary N) is 1. The minimum absolute atomic E-state index is 0.00997. The van der Waals surface area contributed by atoms with Gasteiger partial charge in [-0.25, -0.2) is 0 Å². The first kappa shape index (κ1) is 18.7. The van der Waals surface area contributed by atoms with Crippen LogP contribution in [0.3, 0.4) is 0 Å². The van der Waals surface area contributed by atoms with Crippen molar-refractivity contribution in [3.05, 3.63) is 0 Å². The highest BCUT2D eigenvalue weighted by atomic mass is 16.4. The molecule has 6 nitrogen and oxygen atoms in total. The number of carboxylic acid groups (broad SMARTS) is 1. The van der Waals surface area contributed by atoms with Crippen molar-refractivity contribution in [2.75, 3.05) is 13.6 Å². The molecule has 0 bridgehead atoms. The Morgan fingerprint density at radius 1 is 1.25 bits per heavy atom. The van der Waals surface area contributed by atoms with Gasteiger partial charge in [-0.15, -0.1) is 0 Å². The molecule has 1 saturated carbocycles. The molecule has 1 saturated heterocycles.